The average molecular weight is 416 g/mol. The van der Waals surface area contributed by atoms with Gasteiger partial charge < -0.3 is 20.1 Å². The minimum atomic E-state index is -1.02. The minimum Gasteiger partial charge on any atom is -0.495 e. The lowest BCUT2D eigenvalue weighted by Crippen LogP contribution is -2.30. The predicted octanol–water partition coefficient (Wildman–Crippen LogP) is 3.78. The van der Waals surface area contributed by atoms with Crippen LogP contribution < -0.4 is 15.4 Å². The number of carbonyl (C=O) groups excluding carboxylic acids is 3. The van der Waals surface area contributed by atoms with Gasteiger partial charge in [-0.15, -0.1) is 11.3 Å². The summed E-state index contributed by atoms with van der Waals surface area (Å²) in [5, 5.41) is 5.94. The summed E-state index contributed by atoms with van der Waals surface area (Å²) in [4.78, 5) is 38.1. The molecule has 1 heterocycles. The first kappa shape index (κ1) is 20.9. The summed E-state index contributed by atoms with van der Waals surface area (Å²) >= 11 is 1.41. The number of aryl methyl sites for hydroxylation is 1. The van der Waals surface area contributed by atoms with E-state index < -0.39 is 18.0 Å². The number of ether oxygens (including phenoxy) is 2. The molecule has 8 heteroatoms. The van der Waals surface area contributed by atoms with E-state index in [1.807, 2.05) is 0 Å². The molecule has 154 valence electrons. The monoisotopic (exact) mass is 416 g/mol. The molecule has 3 rings (SSSR count). The second-order valence-corrected chi connectivity index (χ2v) is 7.94. The van der Waals surface area contributed by atoms with Crippen molar-refractivity contribution in [2.24, 2.45) is 0 Å². The molecule has 1 aromatic carbocycles. The van der Waals surface area contributed by atoms with Crippen LogP contribution in [0.5, 0.6) is 5.75 Å². The molecule has 0 saturated heterocycles. The summed E-state index contributed by atoms with van der Waals surface area (Å²) < 4.78 is 10.7. The number of esters is 1. The largest absolute Gasteiger partial charge is 0.495 e. The fraction of sp³-hybridized carbons (Fsp3) is 0.381. The Morgan fingerprint density at radius 1 is 1.10 bits per heavy atom. The van der Waals surface area contributed by atoms with Crippen molar-refractivity contribution in [3.8, 4) is 5.75 Å². The molecule has 2 aromatic rings. The molecular weight excluding hydrogens is 392 g/mol. The average Bonchev–Trinajstić information content (AvgIpc) is 3.05. The Labute approximate surface area is 173 Å². The zero-order chi connectivity index (χ0) is 21.0. The SMILES string of the molecule is COc1ccccc1NC(=O)[C@H](C)OC(=O)c1c(NC(C)=O)sc2c1CCCC2. The highest BCUT2D eigenvalue weighted by Gasteiger charge is 2.29. The second kappa shape index (κ2) is 9.09. The molecule has 1 atom stereocenters. The van der Waals surface area contributed by atoms with E-state index in [1.165, 1.54) is 32.3 Å². The van der Waals surface area contributed by atoms with Crippen LogP contribution in [-0.2, 0) is 27.2 Å². The third-order valence-corrected chi connectivity index (χ3v) is 5.89. The molecule has 0 fully saturated rings. The highest BCUT2D eigenvalue weighted by atomic mass is 32.1. The summed E-state index contributed by atoms with van der Waals surface area (Å²) in [5.41, 5.74) is 1.79. The lowest BCUT2D eigenvalue weighted by atomic mass is 9.95. The van der Waals surface area contributed by atoms with Gasteiger partial charge in [-0.1, -0.05) is 12.1 Å². The Bertz CT molecular complexity index is 937. The van der Waals surface area contributed by atoms with Gasteiger partial charge in [0.05, 0.1) is 18.4 Å². The van der Waals surface area contributed by atoms with E-state index >= 15 is 0 Å². The fourth-order valence-corrected chi connectivity index (χ4v) is 4.61. The topological polar surface area (TPSA) is 93.7 Å². The van der Waals surface area contributed by atoms with Crippen molar-refractivity contribution in [2.75, 3.05) is 17.7 Å². The third kappa shape index (κ3) is 4.76. The van der Waals surface area contributed by atoms with Crippen LogP contribution in [0.25, 0.3) is 0 Å². The van der Waals surface area contributed by atoms with Crippen molar-refractivity contribution in [2.45, 2.75) is 45.6 Å². The summed E-state index contributed by atoms with van der Waals surface area (Å²) in [7, 11) is 1.51. The number of para-hydroxylation sites is 2. The third-order valence-electron chi connectivity index (χ3n) is 4.68. The fourth-order valence-electron chi connectivity index (χ4n) is 3.29. The van der Waals surface area contributed by atoms with Crippen molar-refractivity contribution >= 4 is 39.8 Å². The van der Waals surface area contributed by atoms with E-state index in [9.17, 15) is 14.4 Å². The standard InChI is InChI=1S/C21H24N2O5S/c1-12(19(25)23-15-9-5-6-10-16(15)27-3)28-21(26)18-14-8-4-7-11-17(14)29-20(18)22-13(2)24/h5-6,9-10,12H,4,7-8,11H2,1-3H3,(H,22,24)(H,23,25)/t12-/m0/s1. The first-order chi connectivity index (χ1) is 13.9. The zero-order valence-corrected chi connectivity index (χ0v) is 17.5. The number of benzene rings is 1. The molecule has 7 nitrogen and oxygen atoms in total. The van der Waals surface area contributed by atoms with Gasteiger partial charge in [0.2, 0.25) is 5.91 Å². The number of thiophene rings is 1. The highest BCUT2D eigenvalue weighted by molar-refractivity contribution is 7.17. The second-order valence-electron chi connectivity index (χ2n) is 6.83. The van der Waals surface area contributed by atoms with Crippen LogP contribution >= 0.6 is 11.3 Å². The normalized spacial score (nSPS) is 13.8. The highest BCUT2D eigenvalue weighted by Crippen LogP contribution is 2.38. The van der Waals surface area contributed by atoms with Crippen molar-refractivity contribution in [3.63, 3.8) is 0 Å². The molecule has 1 aliphatic rings. The Morgan fingerprint density at radius 3 is 2.55 bits per heavy atom. The van der Waals surface area contributed by atoms with Gasteiger partial charge in [-0.05, 0) is 50.3 Å². The van der Waals surface area contributed by atoms with Crippen LogP contribution in [0.4, 0.5) is 10.7 Å². The molecule has 0 unspecified atom stereocenters. The molecule has 0 bridgehead atoms. The molecule has 2 amide bonds. The van der Waals surface area contributed by atoms with Gasteiger partial charge in [0.25, 0.3) is 5.91 Å². The smallest absolute Gasteiger partial charge is 0.342 e. The Balaban J connectivity index is 1.76. The summed E-state index contributed by atoms with van der Waals surface area (Å²) in [5.74, 6) is -0.803. The summed E-state index contributed by atoms with van der Waals surface area (Å²) in [6, 6.07) is 6.99. The Kier molecular flexibility index (Phi) is 6.53. The van der Waals surface area contributed by atoms with Crippen molar-refractivity contribution in [1.29, 1.82) is 0 Å². The first-order valence-electron chi connectivity index (χ1n) is 9.47. The van der Waals surface area contributed by atoms with E-state index in [-0.39, 0.29) is 5.91 Å². The first-order valence-corrected chi connectivity index (χ1v) is 10.3. The van der Waals surface area contributed by atoms with E-state index in [0.29, 0.717) is 22.0 Å². The van der Waals surface area contributed by atoms with Gasteiger partial charge in [0.1, 0.15) is 10.8 Å². The minimum absolute atomic E-state index is 0.250. The summed E-state index contributed by atoms with van der Waals surface area (Å²) in [6.07, 6.45) is 2.66. The molecule has 0 spiro atoms. The number of carbonyl (C=O) groups is 3. The van der Waals surface area contributed by atoms with Crippen LogP contribution in [0.2, 0.25) is 0 Å². The molecule has 29 heavy (non-hydrogen) atoms. The molecule has 1 aromatic heterocycles. The maximum absolute atomic E-state index is 12.9. The zero-order valence-electron chi connectivity index (χ0n) is 16.7. The number of nitrogens with one attached hydrogen (secondary N) is 2. The van der Waals surface area contributed by atoms with Gasteiger partial charge in [0.15, 0.2) is 6.10 Å². The van der Waals surface area contributed by atoms with Crippen LogP contribution in [0.15, 0.2) is 24.3 Å². The number of rotatable bonds is 6. The van der Waals surface area contributed by atoms with Crippen LogP contribution in [-0.4, -0.2) is 31.0 Å². The maximum Gasteiger partial charge on any atom is 0.342 e. The maximum atomic E-state index is 12.9. The van der Waals surface area contributed by atoms with E-state index in [0.717, 1.165) is 36.1 Å². The van der Waals surface area contributed by atoms with E-state index in [2.05, 4.69) is 10.6 Å². The molecule has 1 aliphatic carbocycles. The van der Waals surface area contributed by atoms with Gasteiger partial charge >= 0.3 is 5.97 Å². The molecule has 0 saturated carbocycles. The number of fused-ring (bicyclic) bond motifs is 1. The van der Waals surface area contributed by atoms with Crippen LogP contribution in [0, 0.1) is 0 Å². The van der Waals surface area contributed by atoms with E-state index in [1.54, 1.807) is 24.3 Å². The quantitative estimate of drug-likeness (QED) is 0.699. The van der Waals surface area contributed by atoms with Gasteiger partial charge in [0, 0.05) is 11.8 Å². The molecule has 2 N–H and O–H groups in total. The van der Waals surface area contributed by atoms with Gasteiger partial charge in [-0.2, -0.15) is 0 Å². The lowest BCUT2D eigenvalue weighted by Gasteiger charge is -2.17. The van der Waals surface area contributed by atoms with Crippen LogP contribution in [0.1, 0.15) is 47.5 Å². The van der Waals surface area contributed by atoms with E-state index in [4.69, 9.17) is 9.47 Å². The van der Waals surface area contributed by atoms with Gasteiger partial charge in [-0.25, -0.2) is 4.79 Å². The van der Waals surface area contributed by atoms with Crippen LogP contribution in [0.3, 0.4) is 0 Å². The molecule has 0 aliphatic heterocycles. The predicted molar refractivity (Wildman–Crippen MR) is 112 cm³/mol. The number of hydrogen-bond acceptors (Lipinski definition) is 6. The molecular formula is C21H24N2O5S. The number of methoxy groups -OCH3 is 1. The van der Waals surface area contributed by atoms with Gasteiger partial charge in [-0.3, -0.25) is 9.59 Å². The Morgan fingerprint density at radius 2 is 1.83 bits per heavy atom. The molecule has 0 radical (unpaired) electrons. The van der Waals surface area contributed by atoms with Crippen molar-refractivity contribution in [3.05, 3.63) is 40.3 Å². The van der Waals surface area contributed by atoms with Crippen molar-refractivity contribution in [1.82, 2.24) is 0 Å². The number of amides is 2. The Hall–Kier alpha value is -2.87. The summed E-state index contributed by atoms with van der Waals surface area (Å²) in [6.45, 7) is 2.91. The lowest BCUT2D eigenvalue weighted by molar-refractivity contribution is -0.123. The number of hydrogen-bond donors (Lipinski definition) is 2. The van der Waals surface area contributed by atoms with Crippen molar-refractivity contribution < 1.29 is 23.9 Å². The number of anilines is 2.